The van der Waals surface area contributed by atoms with E-state index in [2.05, 4.69) is 4.90 Å². The number of hydrogen-bond donors (Lipinski definition) is 1. The van der Waals surface area contributed by atoms with Crippen molar-refractivity contribution < 1.29 is 49.9 Å². The van der Waals surface area contributed by atoms with Gasteiger partial charge in [0.05, 0.1) is 31.3 Å². The molecule has 14 heteroatoms. The van der Waals surface area contributed by atoms with E-state index in [0.29, 0.717) is 55.9 Å². The number of piperidine rings is 1. The summed E-state index contributed by atoms with van der Waals surface area (Å²) in [5.41, 5.74) is -5.29. The van der Waals surface area contributed by atoms with Gasteiger partial charge in [-0.25, -0.2) is 13.7 Å². The minimum atomic E-state index is -5.15. The molecular formula is C32H40F7N4O3+. The molecule has 0 saturated carbocycles. The molecule has 2 aliphatic rings. The highest BCUT2D eigenvalue weighted by molar-refractivity contribution is 5.73. The van der Waals surface area contributed by atoms with Crippen molar-refractivity contribution in [3.05, 3.63) is 70.0 Å². The summed E-state index contributed by atoms with van der Waals surface area (Å²) in [5, 5.41) is 11.7. The van der Waals surface area contributed by atoms with Crippen LogP contribution >= 0.6 is 0 Å². The normalized spacial score (nSPS) is 23.3. The first-order chi connectivity index (χ1) is 21.1. The molecule has 2 saturated heterocycles. The van der Waals surface area contributed by atoms with E-state index < -0.39 is 57.1 Å². The van der Waals surface area contributed by atoms with Crippen LogP contribution in [0.2, 0.25) is 0 Å². The second kappa shape index (κ2) is 12.4. The molecule has 0 radical (unpaired) electrons. The Morgan fingerprint density at radius 3 is 1.89 bits per heavy atom. The Morgan fingerprint density at radius 1 is 0.891 bits per heavy atom. The molecule has 3 amide bonds. The molecule has 2 aromatic carbocycles. The van der Waals surface area contributed by atoms with E-state index in [9.17, 15) is 45.4 Å². The molecule has 0 aliphatic carbocycles. The van der Waals surface area contributed by atoms with Gasteiger partial charge >= 0.3 is 18.4 Å². The number of urea groups is 1. The molecule has 0 aromatic heterocycles. The summed E-state index contributed by atoms with van der Waals surface area (Å²) in [7, 11) is 2.48. The number of likely N-dealkylation sites (tertiary alicyclic amines) is 1. The maximum atomic E-state index is 14.5. The van der Waals surface area contributed by atoms with Crippen molar-refractivity contribution in [3.63, 3.8) is 0 Å². The van der Waals surface area contributed by atoms with Crippen LogP contribution in [0, 0.1) is 18.7 Å². The standard InChI is InChI=1S/C32H40F7N4O3/c1-19-13-25(33)7-8-26(19)28-17-27(41-11-9-40(10-12-41)21(3)44)20(2)18-42(28)29(45)43(5,6)30(4,46)22-14-23(31(34,35)36)16-24(15-22)32(37,38)39/h7-8,13-16,20,27-28,46H,9-12,17-18H2,1-6H3/q+1. The first-order valence-corrected chi connectivity index (χ1v) is 15.0. The minimum absolute atomic E-state index is 0.0249. The SMILES string of the molecule is CC(=O)N1CCN(C2CC(c3ccc(F)cc3C)N(C(=O)[N+](C)(C)C(C)(O)c3cc(C(F)(F)F)cc(C(F)(F)F)c3)CC2C)CC1. The molecule has 4 atom stereocenters. The summed E-state index contributed by atoms with van der Waals surface area (Å²) < 4.78 is 95.3. The average molecular weight is 662 g/mol. The molecule has 254 valence electrons. The van der Waals surface area contributed by atoms with Crippen molar-refractivity contribution in [1.29, 1.82) is 0 Å². The van der Waals surface area contributed by atoms with Gasteiger partial charge in [0.1, 0.15) is 5.82 Å². The van der Waals surface area contributed by atoms with E-state index in [-0.39, 0.29) is 30.5 Å². The number of nitrogens with zero attached hydrogens (tertiary/aromatic N) is 4. The molecule has 2 fully saturated rings. The van der Waals surface area contributed by atoms with Gasteiger partial charge < -0.3 is 10.0 Å². The third kappa shape index (κ3) is 6.89. The van der Waals surface area contributed by atoms with E-state index in [1.807, 2.05) is 6.92 Å². The van der Waals surface area contributed by atoms with Gasteiger partial charge in [0.2, 0.25) is 11.6 Å². The monoisotopic (exact) mass is 661 g/mol. The smallest absolute Gasteiger partial charge is 0.340 e. The Hall–Kier alpha value is -3.23. The third-order valence-electron chi connectivity index (χ3n) is 9.75. The zero-order valence-electron chi connectivity index (χ0n) is 26.6. The highest BCUT2D eigenvalue weighted by atomic mass is 19.4. The van der Waals surface area contributed by atoms with Gasteiger partial charge in [0.15, 0.2) is 0 Å². The van der Waals surface area contributed by atoms with Crippen LogP contribution in [0.1, 0.15) is 61.1 Å². The lowest BCUT2D eigenvalue weighted by Gasteiger charge is -2.51. The summed E-state index contributed by atoms with van der Waals surface area (Å²) in [6.07, 6.45) is -9.90. The summed E-state index contributed by atoms with van der Waals surface area (Å²) in [4.78, 5) is 31.8. The van der Waals surface area contributed by atoms with Gasteiger partial charge in [-0.3, -0.25) is 14.6 Å². The number of piperazine rings is 1. The van der Waals surface area contributed by atoms with Crippen LogP contribution in [0.3, 0.4) is 0 Å². The van der Waals surface area contributed by atoms with Crippen molar-refractivity contribution in [3.8, 4) is 0 Å². The van der Waals surface area contributed by atoms with E-state index >= 15 is 0 Å². The number of benzene rings is 2. The van der Waals surface area contributed by atoms with Crippen LogP contribution in [0.4, 0.5) is 35.5 Å². The number of carbonyl (C=O) groups excluding carboxylic acids is 2. The van der Waals surface area contributed by atoms with Gasteiger partial charge in [-0.05, 0) is 60.7 Å². The number of aryl methyl sites for hydroxylation is 1. The Kier molecular flexibility index (Phi) is 9.62. The molecule has 7 nitrogen and oxygen atoms in total. The number of quaternary nitrogens is 1. The summed E-state index contributed by atoms with van der Waals surface area (Å²) >= 11 is 0. The molecule has 4 rings (SSSR count). The summed E-state index contributed by atoms with van der Waals surface area (Å²) in [6, 6.07) is 3.54. The zero-order chi connectivity index (χ0) is 34.6. The lowest BCUT2D eigenvalue weighted by molar-refractivity contribution is -0.906. The lowest BCUT2D eigenvalue weighted by Crippen LogP contribution is -2.66. The van der Waals surface area contributed by atoms with Crippen molar-refractivity contribution in [2.24, 2.45) is 5.92 Å². The quantitative estimate of drug-likeness (QED) is 0.243. The molecule has 0 bridgehead atoms. The number of aliphatic hydroxyl groups is 1. The largest absolute Gasteiger partial charge is 0.421 e. The van der Waals surface area contributed by atoms with E-state index in [1.165, 1.54) is 38.1 Å². The number of alkyl halides is 6. The number of halogens is 7. The molecule has 46 heavy (non-hydrogen) atoms. The van der Waals surface area contributed by atoms with Crippen LogP contribution in [-0.2, 0) is 22.9 Å². The topological polar surface area (TPSA) is 64.1 Å². The van der Waals surface area contributed by atoms with Crippen molar-refractivity contribution in [2.45, 2.75) is 64.3 Å². The Labute approximate surface area is 263 Å². The van der Waals surface area contributed by atoms with Crippen molar-refractivity contribution in [1.82, 2.24) is 14.7 Å². The minimum Gasteiger partial charge on any atom is -0.340 e. The van der Waals surface area contributed by atoms with Crippen molar-refractivity contribution in [2.75, 3.05) is 46.8 Å². The van der Waals surface area contributed by atoms with Crippen LogP contribution in [0.25, 0.3) is 0 Å². The molecule has 4 unspecified atom stereocenters. The molecule has 0 spiro atoms. The summed E-state index contributed by atoms with van der Waals surface area (Å²) in [5.74, 6) is -0.646. The van der Waals surface area contributed by atoms with Crippen molar-refractivity contribution >= 4 is 11.9 Å². The van der Waals surface area contributed by atoms with E-state index in [0.717, 1.165) is 6.92 Å². The molecular weight excluding hydrogens is 621 g/mol. The predicted octanol–water partition coefficient (Wildman–Crippen LogP) is 6.15. The Balaban J connectivity index is 1.74. The number of carbonyl (C=O) groups is 2. The van der Waals surface area contributed by atoms with Gasteiger partial charge in [-0.15, -0.1) is 0 Å². The van der Waals surface area contributed by atoms with Crippen LogP contribution in [0.15, 0.2) is 36.4 Å². The predicted molar refractivity (Wildman–Crippen MR) is 156 cm³/mol. The first kappa shape index (κ1) is 35.6. The number of hydrogen-bond acceptors (Lipinski definition) is 4. The summed E-state index contributed by atoms with van der Waals surface area (Å²) in [6.45, 7) is 8.57. The molecule has 1 N–H and O–H groups in total. The molecule has 2 aliphatic heterocycles. The molecule has 2 aromatic rings. The van der Waals surface area contributed by atoms with Gasteiger partial charge in [-0.1, -0.05) is 13.0 Å². The van der Waals surface area contributed by atoms with E-state index in [4.69, 9.17) is 0 Å². The number of rotatable bonds is 4. The highest BCUT2D eigenvalue weighted by Crippen LogP contribution is 2.43. The fraction of sp³-hybridized carbons (Fsp3) is 0.562. The lowest BCUT2D eigenvalue weighted by atomic mass is 9.83. The van der Waals surface area contributed by atoms with Gasteiger partial charge in [0, 0.05) is 58.2 Å². The number of amides is 3. The highest BCUT2D eigenvalue weighted by Gasteiger charge is 2.53. The maximum Gasteiger partial charge on any atom is 0.421 e. The van der Waals surface area contributed by atoms with Crippen LogP contribution in [0.5, 0.6) is 0 Å². The van der Waals surface area contributed by atoms with Gasteiger partial charge in [-0.2, -0.15) is 26.3 Å². The zero-order valence-corrected chi connectivity index (χ0v) is 26.6. The van der Waals surface area contributed by atoms with E-state index in [1.54, 1.807) is 17.9 Å². The average Bonchev–Trinajstić information content (AvgIpc) is 2.95. The second-order valence-electron chi connectivity index (χ2n) is 13.0. The Morgan fingerprint density at radius 2 is 1.41 bits per heavy atom. The Bertz CT molecular complexity index is 1430. The maximum absolute atomic E-state index is 14.5. The van der Waals surface area contributed by atoms with Gasteiger partial charge in [0.25, 0.3) is 0 Å². The first-order valence-electron chi connectivity index (χ1n) is 15.0. The fourth-order valence-corrected chi connectivity index (χ4v) is 6.60. The second-order valence-corrected chi connectivity index (χ2v) is 13.0. The molecule has 2 heterocycles. The van der Waals surface area contributed by atoms with Crippen LogP contribution in [-0.4, -0.2) is 89.1 Å². The van der Waals surface area contributed by atoms with Crippen LogP contribution < -0.4 is 0 Å². The third-order valence-corrected chi connectivity index (χ3v) is 9.75. The fourth-order valence-electron chi connectivity index (χ4n) is 6.60.